The summed E-state index contributed by atoms with van der Waals surface area (Å²) in [7, 11) is 0. The fourth-order valence-electron chi connectivity index (χ4n) is 1.15. The molecule has 1 aromatic heterocycles. The van der Waals surface area contributed by atoms with Gasteiger partial charge in [-0.1, -0.05) is 11.6 Å². The summed E-state index contributed by atoms with van der Waals surface area (Å²) < 4.78 is 12.9. The van der Waals surface area contributed by atoms with Crippen molar-refractivity contribution >= 4 is 22.4 Å². The second-order valence-corrected chi connectivity index (χ2v) is 2.98. The first-order valence-electron chi connectivity index (χ1n) is 3.61. The van der Waals surface area contributed by atoms with Gasteiger partial charge in [0.2, 0.25) is 0 Å². The summed E-state index contributed by atoms with van der Waals surface area (Å²) in [6.07, 6.45) is 1.50. The highest BCUT2D eigenvalue weighted by molar-refractivity contribution is 6.34. The number of hydrogen-bond donors (Lipinski definition) is 1. The summed E-state index contributed by atoms with van der Waals surface area (Å²) in [4.78, 5) is 3.80. The Balaban J connectivity index is 2.89. The van der Waals surface area contributed by atoms with Gasteiger partial charge in [-0.3, -0.25) is 0 Å². The zero-order valence-electron chi connectivity index (χ0n) is 6.46. The molecule has 0 saturated heterocycles. The van der Waals surface area contributed by atoms with Crippen LogP contribution in [0.4, 0.5) is 4.39 Å². The van der Waals surface area contributed by atoms with E-state index >= 15 is 0 Å². The molecule has 2 aromatic rings. The van der Waals surface area contributed by atoms with E-state index in [-0.39, 0.29) is 10.9 Å². The van der Waals surface area contributed by atoms with Crippen molar-refractivity contribution in [3.8, 4) is 5.75 Å². The highest BCUT2D eigenvalue weighted by Gasteiger charge is 2.05. The van der Waals surface area contributed by atoms with Crippen LogP contribution in [0.5, 0.6) is 5.75 Å². The molecule has 0 unspecified atom stereocenters. The largest absolute Gasteiger partial charge is 0.505 e. The van der Waals surface area contributed by atoms with E-state index in [4.69, 9.17) is 16.7 Å². The number of hydrogen-bond acceptors (Lipinski definition) is 2. The Bertz CT molecular complexity index is 472. The lowest BCUT2D eigenvalue weighted by Gasteiger charge is -2.00. The Kier molecular flexibility index (Phi) is 1.81. The van der Waals surface area contributed by atoms with Crippen molar-refractivity contribution in [1.29, 1.82) is 0 Å². The molecule has 0 bridgehead atoms. The highest BCUT2D eigenvalue weighted by Crippen LogP contribution is 2.27. The zero-order valence-corrected chi connectivity index (χ0v) is 7.22. The van der Waals surface area contributed by atoms with E-state index in [2.05, 4.69) is 4.98 Å². The van der Waals surface area contributed by atoms with Crippen molar-refractivity contribution in [2.45, 2.75) is 0 Å². The van der Waals surface area contributed by atoms with Gasteiger partial charge in [-0.15, -0.1) is 0 Å². The molecule has 1 aromatic carbocycles. The Morgan fingerprint density at radius 3 is 2.92 bits per heavy atom. The molecule has 4 heteroatoms. The van der Waals surface area contributed by atoms with Crippen LogP contribution in [0.15, 0.2) is 24.4 Å². The molecule has 0 amide bonds. The van der Waals surface area contributed by atoms with E-state index in [9.17, 15) is 4.39 Å². The lowest BCUT2D eigenvalue weighted by Crippen LogP contribution is -1.81. The third kappa shape index (κ3) is 1.31. The molecule has 0 saturated carbocycles. The van der Waals surface area contributed by atoms with Crippen LogP contribution in [-0.4, -0.2) is 10.1 Å². The molecule has 1 N–H and O–H groups in total. The van der Waals surface area contributed by atoms with Gasteiger partial charge in [-0.2, -0.15) is 0 Å². The Morgan fingerprint density at radius 2 is 2.15 bits per heavy atom. The summed E-state index contributed by atoms with van der Waals surface area (Å²) in [6, 6.07) is 4.14. The number of fused-ring (bicyclic) bond motifs is 1. The summed E-state index contributed by atoms with van der Waals surface area (Å²) in [5.41, 5.74) is 0. The van der Waals surface area contributed by atoms with Gasteiger partial charge in [-0.25, -0.2) is 9.37 Å². The number of halogens is 2. The number of phenols is 1. The smallest absolute Gasteiger partial charge is 0.165 e. The molecular formula is C9H5ClFNO. The van der Waals surface area contributed by atoms with Crippen LogP contribution >= 0.6 is 11.6 Å². The van der Waals surface area contributed by atoms with Crippen molar-refractivity contribution in [3.05, 3.63) is 35.4 Å². The van der Waals surface area contributed by atoms with Crippen LogP contribution in [0.3, 0.4) is 0 Å². The summed E-state index contributed by atoms with van der Waals surface area (Å²) in [5.74, 6) is -1.07. The number of phenolic OH excluding ortho intramolecular Hbond substituents is 1. The Hall–Kier alpha value is -1.35. The van der Waals surface area contributed by atoms with E-state index in [1.165, 1.54) is 18.3 Å². The number of nitrogens with zero attached hydrogens (tertiary/aromatic N) is 1. The predicted molar refractivity (Wildman–Crippen MR) is 48.4 cm³/mol. The van der Waals surface area contributed by atoms with E-state index in [0.717, 1.165) is 0 Å². The average Bonchev–Trinajstić information content (AvgIpc) is 2.09. The van der Waals surface area contributed by atoms with Gasteiger partial charge in [0.1, 0.15) is 5.15 Å². The highest BCUT2D eigenvalue weighted by atomic mass is 35.5. The third-order valence-electron chi connectivity index (χ3n) is 1.78. The van der Waals surface area contributed by atoms with Gasteiger partial charge < -0.3 is 5.11 Å². The maximum absolute atomic E-state index is 12.9. The standard InChI is InChI=1S/C9H5ClFNO/c10-9-6-4-7(11)8(13)3-5(6)1-2-12-9/h1-4,13H. The molecule has 0 radical (unpaired) electrons. The van der Waals surface area contributed by atoms with Crippen LogP contribution in [0.2, 0.25) is 5.15 Å². The predicted octanol–water partition coefficient (Wildman–Crippen LogP) is 2.73. The molecule has 0 aliphatic heterocycles. The van der Waals surface area contributed by atoms with Gasteiger partial charge in [0, 0.05) is 11.6 Å². The number of rotatable bonds is 0. The zero-order chi connectivity index (χ0) is 9.42. The SMILES string of the molecule is Oc1cc2ccnc(Cl)c2cc1F. The normalized spacial score (nSPS) is 10.6. The number of aromatic hydroxyl groups is 1. The second-order valence-electron chi connectivity index (χ2n) is 2.63. The van der Waals surface area contributed by atoms with Crippen LogP contribution in [0.25, 0.3) is 10.8 Å². The minimum atomic E-state index is -0.692. The number of pyridine rings is 1. The summed E-state index contributed by atoms with van der Waals surface area (Å²) >= 11 is 5.72. The first-order chi connectivity index (χ1) is 6.18. The summed E-state index contributed by atoms with van der Waals surface area (Å²) in [6.45, 7) is 0. The molecule has 0 atom stereocenters. The first kappa shape index (κ1) is 8.26. The van der Waals surface area contributed by atoms with E-state index in [0.29, 0.717) is 10.8 Å². The van der Waals surface area contributed by atoms with E-state index in [1.807, 2.05) is 0 Å². The third-order valence-corrected chi connectivity index (χ3v) is 2.08. The fourth-order valence-corrected chi connectivity index (χ4v) is 1.37. The number of benzene rings is 1. The van der Waals surface area contributed by atoms with Crippen molar-refractivity contribution in [2.75, 3.05) is 0 Å². The lowest BCUT2D eigenvalue weighted by atomic mass is 10.1. The Labute approximate surface area is 78.6 Å². The molecular weight excluding hydrogens is 193 g/mol. The van der Waals surface area contributed by atoms with E-state index in [1.54, 1.807) is 6.07 Å². The minimum Gasteiger partial charge on any atom is -0.505 e. The molecule has 0 aliphatic rings. The average molecular weight is 198 g/mol. The van der Waals surface area contributed by atoms with Crippen molar-refractivity contribution in [3.63, 3.8) is 0 Å². The monoisotopic (exact) mass is 197 g/mol. The van der Waals surface area contributed by atoms with Gasteiger partial charge in [-0.05, 0) is 23.6 Å². The van der Waals surface area contributed by atoms with Gasteiger partial charge in [0.05, 0.1) is 0 Å². The quantitative estimate of drug-likeness (QED) is 0.659. The lowest BCUT2D eigenvalue weighted by molar-refractivity contribution is 0.433. The van der Waals surface area contributed by atoms with Crippen molar-refractivity contribution < 1.29 is 9.50 Å². The summed E-state index contributed by atoms with van der Waals surface area (Å²) in [5, 5.41) is 10.5. The molecule has 0 fully saturated rings. The molecule has 13 heavy (non-hydrogen) atoms. The maximum Gasteiger partial charge on any atom is 0.165 e. The van der Waals surface area contributed by atoms with Crippen LogP contribution < -0.4 is 0 Å². The molecule has 2 rings (SSSR count). The first-order valence-corrected chi connectivity index (χ1v) is 3.99. The van der Waals surface area contributed by atoms with E-state index < -0.39 is 5.82 Å². The van der Waals surface area contributed by atoms with Crippen LogP contribution in [0.1, 0.15) is 0 Å². The fraction of sp³-hybridized carbons (Fsp3) is 0. The number of aromatic nitrogens is 1. The maximum atomic E-state index is 12.9. The Morgan fingerprint density at radius 1 is 1.38 bits per heavy atom. The topological polar surface area (TPSA) is 33.1 Å². The van der Waals surface area contributed by atoms with Crippen molar-refractivity contribution in [2.24, 2.45) is 0 Å². The molecule has 66 valence electrons. The molecule has 0 spiro atoms. The molecule has 1 heterocycles. The van der Waals surface area contributed by atoms with Gasteiger partial charge in [0.15, 0.2) is 11.6 Å². The molecule has 0 aliphatic carbocycles. The molecule has 2 nitrogen and oxygen atoms in total. The van der Waals surface area contributed by atoms with Gasteiger partial charge >= 0.3 is 0 Å². The minimum absolute atomic E-state index is 0.233. The van der Waals surface area contributed by atoms with Crippen molar-refractivity contribution in [1.82, 2.24) is 4.98 Å². The van der Waals surface area contributed by atoms with Crippen LogP contribution in [-0.2, 0) is 0 Å². The second kappa shape index (κ2) is 2.85. The van der Waals surface area contributed by atoms with Crippen LogP contribution in [0, 0.1) is 5.82 Å². The van der Waals surface area contributed by atoms with Gasteiger partial charge in [0.25, 0.3) is 0 Å².